The number of nitrogens with one attached hydrogen (secondary N) is 2. The van der Waals surface area contributed by atoms with E-state index in [0.717, 1.165) is 31.4 Å². The second-order valence-electron chi connectivity index (χ2n) is 8.37. The molecule has 4 rings (SSSR count). The first kappa shape index (κ1) is 21.4. The van der Waals surface area contributed by atoms with E-state index >= 15 is 0 Å². The van der Waals surface area contributed by atoms with Crippen molar-refractivity contribution in [2.24, 2.45) is 5.73 Å². The Morgan fingerprint density at radius 3 is 2.38 bits per heavy atom. The number of carbonyl (C=O) groups excluding carboxylic acids is 1. The average molecular weight is 429 g/mol. The highest BCUT2D eigenvalue weighted by atomic mass is 16.1. The lowest BCUT2D eigenvalue weighted by Crippen LogP contribution is -2.41. The molecule has 1 aliphatic rings. The zero-order valence-corrected chi connectivity index (χ0v) is 18.2. The summed E-state index contributed by atoms with van der Waals surface area (Å²) >= 11 is 0. The Balaban J connectivity index is 1.45. The van der Waals surface area contributed by atoms with Crippen molar-refractivity contribution in [3.05, 3.63) is 66.4 Å². The third-order valence-electron chi connectivity index (χ3n) is 6.39. The molecule has 32 heavy (non-hydrogen) atoms. The van der Waals surface area contributed by atoms with E-state index in [-0.39, 0.29) is 0 Å². The first-order valence-electron chi connectivity index (χ1n) is 10.9. The molecule has 0 unspecified atom stereocenters. The number of hydrogen-bond acceptors (Lipinski definition) is 5. The van der Waals surface area contributed by atoms with Crippen molar-refractivity contribution < 1.29 is 4.79 Å². The number of nitriles is 1. The summed E-state index contributed by atoms with van der Waals surface area (Å²) in [6, 6.07) is 21.5. The summed E-state index contributed by atoms with van der Waals surface area (Å²) in [4.78, 5) is 11.8. The molecule has 2 aromatic carbocycles. The minimum Gasteiger partial charge on any atom is -0.382 e. The van der Waals surface area contributed by atoms with Gasteiger partial charge in [0.2, 0.25) is 0 Å². The number of primary amides is 1. The SMILES string of the molecule is CNc1nn(C2(CC#N)CCC(Nc3ccc(-c4ccccc4)cc3)CC2)cc1C(N)=O. The van der Waals surface area contributed by atoms with Crippen LogP contribution < -0.4 is 16.4 Å². The van der Waals surface area contributed by atoms with Crippen LogP contribution in [0.4, 0.5) is 11.5 Å². The zero-order valence-electron chi connectivity index (χ0n) is 18.2. The summed E-state index contributed by atoms with van der Waals surface area (Å²) in [7, 11) is 1.71. The van der Waals surface area contributed by atoms with E-state index in [1.165, 1.54) is 11.1 Å². The number of aromatic nitrogens is 2. The van der Waals surface area contributed by atoms with Crippen molar-refractivity contribution >= 4 is 17.4 Å². The van der Waals surface area contributed by atoms with E-state index in [4.69, 9.17) is 5.73 Å². The van der Waals surface area contributed by atoms with Crippen LogP contribution in [-0.4, -0.2) is 28.8 Å². The van der Waals surface area contributed by atoms with E-state index in [2.05, 4.69) is 58.2 Å². The smallest absolute Gasteiger partial charge is 0.254 e. The van der Waals surface area contributed by atoms with Crippen molar-refractivity contribution in [1.29, 1.82) is 5.26 Å². The van der Waals surface area contributed by atoms with Crippen LogP contribution in [0.5, 0.6) is 0 Å². The quantitative estimate of drug-likeness (QED) is 0.518. The van der Waals surface area contributed by atoms with Gasteiger partial charge in [-0.25, -0.2) is 0 Å². The van der Waals surface area contributed by atoms with Crippen molar-refractivity contribution in [1.82, 2.24) is 9.78 Å². The minimum atomic E-state index is -0.526. The maximum absolute atomic E-state index is 11.8. The highest BCUT2D eigenvalue weighted by Gasteiger charge is 2.38. The number of amides is 1. The molecular formula is C25H28N6O. The molecule has 1 aliphatic carbocycles. The molecule has 0 aliphatic heterocycles. The van der Waals surface area contributed by atoms with Gasteiger partial charge in [0.25, 0.3) is 5.91 Å². The van der Waals surface area contributed by atoms with Crippen LogP contribution in [0, 0.1) is 11.3 Å². The molecule has 1 saturated carbocycles. The van der Waals surface area contributed by atoms with Crippen LogP contribution in [-0.2, 0) is 5.54 Å². The van der Waals surface area contributed by atoms with E-state index in [9.17, 15) is 10.1 Å². The maximum atomic E-state index is 11.8. The molecule has 0 saturated heterocycles. The second kappa shape index (κ2) is 9.15. The van der Waals surface area contributed by atoms with Gasteiger partial charge >= 0.3 is 0 Å². The maximum Gasteiger partial charge on any atom is 0.254 e. The number of hydrogen-bond donors (Lipinski definition) is 3. The summed E-state index contributed by atoms with van der Waals surface area (Å²) in [6.45, 7) is 0. The molecule has 4 N–H and O–H groups in total. The number of nitrogens with two attached hydrogens (primary N) is 1. The van der Waals surface area contributed by atoms with Gasteiger partial charge in [-0.1, -0.05) is 42.5 Å². The Morgan fingerprint density at radius 2 is 1.81 bits per heavy atom. The monoisotopic (exact) mass is 428 g/mol. The Labute approximate surface area is 188 Å². The summed E-state index contributed by atoms with van der Waals surface area (Å²) in [5.41, 5.74) is 8.91. The summed E-state index contributed by atoms with van der Waals surface area (Å²) in [6.07, 6.45) is 5.42. The fraction of sp³-hybridized carbons (Fsp3) is 0.320. The summed E-state index contributed by atoms with van der Waals surface area (Å²) in [5, 5.41) is 20.6. The molecular weight excluding hydrogens is 400 g/mol. The molecule has 3 aromatic rings. The number of rotatable bonds is 7. The van der Waals surface area contributed by atoms with Gasteiger partial charge in [-0.3, -0.25) is 9.48 Å². The van der Waals surface area contributed by atoms with Crippen LogP contribution in [0.2, 0.25) is 0 Å². The van der Waals surface area contributed by atoms with E-state index in [1.54, 1.807) is 17.9 Å². The molecule has 1 amide bonds. The van der Waals surface area contributed by atoms with E-state index < -0.39 is 11.4 Å². The fourth-order valence-corrected chi connectivity index (χ4v) is 4.54. The van der Waals surface area contributed by atoms with Gasteiger partial charge in [0.1, 0.15) is 5.56 Å². The molecule has 1 fully saturated rings. The number of carbonyl (C=O) groups is 1. The summed E-state index contributed by atoms with van der Waals surface area (Å²) in [5.74, 6) is -0.0735. The molecule has 7 nitrogen and oxygen atoms in total. The minimum absolute atomic E-state index is 0.319. The molecule has 0 spiro atoms. The van der Waals surface area contributed by atoms with E-state index in [0.29, 0.717) is 23.8 Å². The van der Waals surface area contributed by atoms with Gasteiger partial charge in [-0.2, -0.15) is 10.4 Å². The first-order chi connectivity index (χ1) is 15.5. The van der Waals surface area contributed by atoms with Gasteiger partial charge < -0.3 is 16.4 Å². The standard InChI is InChI=1S/C25H28N6O/c1-28-24-22(23(27)32)17-31(30-24)25(15-16-26)13-11-21(12-14-25)29-20-9-7-19(8-10-20)18-5-3-2-4-6-18/h2-10,17,21,29H,11-15H2,1H3,(H2,27,32)(H,28,30). The Morgan fingerprint density at radius 1 is 1.16 bits per heavy atom. The van der Waals surface area contributed by atoms with Gasteiger partial charge in [0.15, 0.2) is 5.82 Å². The van der Waals surface area contributed by atoms with Crippen LogP contribution in [0.25, 0.3) is 11.1 Å². The van der Waals surface area contributed by atoms with Crippen LogP contribution >= 0.6 is 0 Å². The lowest BCUT2D eigenvalue weighted by atomic mass is 9.77. The van der Waals surface area contributed by atoms with Gasteiger partial charge in [0, 0.05) is 25.0 Å². The number of anilines is 2. The summed E-state index contributed by atoms with van der Waals surface area (Å²) < 4.78 is 1.78. The third-order valence-corrected chi connectivity index (χ3v) is 6.39. The molecule has 164 valence electrons. The number of benzene rings is 2. The first-order valence-corrected chi connectivity index (χ1v) is 10.9. The fourth-order valence-electron chi connectivity index (χ4n) is 4.54. The normalized spacial score (nSPS) is 20.3. The van der Waals surface area contributed by atoms with Gasteiger partial charge in [0.05, 0.1) is 18.0 Å². The lowest BCUT2D eigenvalue weighted by molar-refractivity contribution is 0.1000. The molecule has 7 heteroatoms. The van der Waals surface area contributed by atoms with Gasteiger partial charge in [-0.05, 0) is 48.9 Å². The molecule has 1 aromatic heterocycles. The molecule has 0 bridgehead atoms. The lowest BCUT2D eigenvalue weighted by Gasteiger charge is -2.39. The zero-order chi connectivity index (χ0) is 22.6. The van der Waals surface area contributed by atoms with Crippen LogP contribution in [0.15, 0.2) is 60.8 Å². The Kier molecular flexibility index (Phi) is 6.13. The van der Waals surface area contributed by atoms with Crippen molar-refractivity contribution in [3.63, 3.8) is 0 Å². The van der Waals surface area contributed by atoms with Crippen molar-refractivity contribution in [2.45, 2.75) is 43.7 Å². The molecule has 0 atom stereocenters. The largest absolute Gasteiger partial charge is 0.382 e. The highest BCUT2D eigenvalue weighted by Crippen LogP contribution is 2.39. The third kappa shape index (κ3) is 4.30. The van der Waals surface area contributed by atoms with Crippen LogP contribution in [0.1, 0.15) is 42.5 Å². The molecule has 1 heterocycles. The predicted molar refractivity (Wildman–Crippen MR) is 126 cm³/mol. The number of nitrogens with zero attached hydrogens (tertiary/aromatic N) is 3. The topological polar surface area (TPSA) is 109 Å². The average Bonchev–Trinajstić information content (AvgIpc) is 3.27. The Hall–Kier alpha value is -3.79. The predicted octanol–water partition coefficient (Wildman–Crippen LogP) is 4.35. The van der Waals surface area contributed by atoms with Crippen molar-refractivity contribution in [2.75, 3.05) is 17.7 Å². The van der Waals surface area contributed by atoms with Gasteiger partial charge in [-0.15, -0.1) is 0 Å². The van der Waals surface area contributed by atoms with Crippen molar-refractivity contribution in [3.8, 4) is 17.2 Å². The molecule has 0 radical (unpaired) electrons. The Bertz CT molecular complexity index is 1110. The second-order valence-corrected chi connectivity index (χ2v) is 8.37. The highest BCUT2D eigenvalue weighted by molar-refractivity contribution is 5.97. The van der Waals surface area contributed by atoms with E-state index in [1.807, 2.05) is 18.2 Å². The van der Waals surface area contributed by atoms with Crippen LogP contribution in [0.3, 0.4) is 0 Å².